The number of carbonyl (C=O) groups excluding carboxylic acids is 3. The van der Waals surface area contributed by atoms with E-state index >= 15 is 0 Å². The number of halogens is 1. The monoisotopic (exact) mass is 559 g/mol. The number of hydrogen-bond acceptors (Lipinski definition) is 10. The van der Waals surface area contributed by atoms with Crippen molar-refractivity contribution >= 4 is 36.3 Å². The Labute approximate surface area is 231 Å². The molecule has 0 fully saturated rings. The third-order valence-corrected chi connectivity index (χ3v) is 4.98. The number of benzene rings is 2. The van der Waals surface area contributed by atoms with Crippen LogP contribution in [0.1, 0.15) is 22.8 Å². The summed E-state index contributed by atoms with van der Waals surface area (Å²) < 4.78 is 15.7. The van der Waals surface area contributed by atoms with Gasteiger partial charge in [-0.05, 0) is 30.7 Å². The van der Waals surface area contributed by atoms with Crippen LogP contribution in [-0.4, -0.2) is 65.4 Å². The molecule has 0 spiro atoms. The molecule has 4 N–H and O–H groups in total. The number of ether oxygens (including phenoxy) is 3. The van der Waals surface area contributed by atoms with Crippen molar-refractivity contribution in [1.29, 1.82) is 0 Å². The molecule has 2 aromatic carbocycles. The average molecular weight is 560 g/mol. The molecule has 0 aliphatic heterocycles. The van der Waals surface area contributed by atoms with E-state index in [2.05, 4.69) is 25.9 Å². The van der Waals surface area contributed by atoms with Crippen molar-refractivity contribution in [2.45, 2.75) is 19.6 Å². The lowest BCUT2D eigenvalue weighted by Crippen LogP contribution is -2.49. The number of phenolic OH excluding ortho intramolecular Hbond substituents is 1. The predicted molar refractivity (Wildman–Crippen MR) is 144 cm³/mol. The summed E-state index contributed by atoms with van der Waals surface area (Å²) in [6, 6.07) is 13.7. The van der Waals surface area contributed by atoms with Crippen molar-refractivity contribution in [2.24, 2.45) is 0 Å². The number of esters is 1. The van der Waals surface area contributed by atoms with Gasteiger partial charge in [-0.3, -0.25) is 4.79 Å². The maximum absolute atomic E-state index is 12.6. The second-order valence-corrected chi connectivity index (χ2v) is 7.75. The summed E-state index contributed by atoms with van der Waals surface area (Å²) in [5, 5.41) is 18.2. The van der Waals surface area contributed by atoms with Crippen LogP contribution in [0.15, 0.2) is 67.0 Å². The molecule has 1 heterocycles. The molecule has 0 aliphatic carbocycles. The van der Waals surface area contributed by atoms with Crippen LogP contribution in [0.3, 0.4) is 0 Å². The van der Waals surface area contributed by atoms with Crippen LogP contribution in [0.25, 0.3) is 0 Å². The fraction of sp³-hybridized carbons (Fsp3) is 0.269. The van der Waals surface area contributed by atoms with E-state index in [9.17, 15) is 19.5 Å². The fourth-order valence-corrected chi connectivity index (χ4v) is 3.15. The molecule has 0 aliphatic rings. The molecule has 13 heteroatoms. The Morgan fingerprint density at radius 2 is 1.74 bits per heavy atom. The average Bonchev–Trinajstić information content (AvgIpc) is 2.93. The summed E-state index contributed by atoms with van der Waals surface area (Å²) in [4.78, 5) is 45.2. The van der Waals surface area contributed by atoms with Crippen LogP contribution in [0.5, 0.6) is 11.5 Å². The largest absolute Gasteiger partial charge is 0.507 e. The minimum Gasteiger partial charge on any atom is -0.507 e. The summed E-state index contributed by atoms with van der Waals surface area (Å²) in [5.41, 5.74) is 0.732. The fourth-order valence-electron chi connectivity index (χ4n) is 3.15. The van der Waals surface area contributed by atoms with Gasteiger partial charge in [0.1, 0.15) is 30.8 Å². The Balaban J connectivity index is 0.00000533. The molecule has 1 atom stereocenters. The number of nitrogens with one attached hydrogen (secondary N) is 3. The Hall–Kier alpha value is -4.58. The molecule has 2 amide bonds. The highest BCUT2D eigenvalue weighted by Crippen LogP contribution is 2.23. The van der Waals surface area contributed by atoms with Gasteiger partial charge in [-0.25, -0.2) is 19.6 Å². The van der Waals surface area contributed by atoms with E-state index in [1.165, 1.54) is 18.2 Å². The number of phenols is 1. The molecule has 208 valence electrons. The number of alkyl carbamates (subject to hydrolysis) is 1. The zero-order chi connectivity index (χ0) is 27.2. The molecular weight excluding hydrogens is 530 g/mol. The second kappa shape index (κ2) is 16.3. The van der Waals surface area contributed by atoms with Gasteiger partial charge in [-0.2, -0.15) is 0 Å². The van der Waals surface area contributed by atoms with Gasteiger partial charge in [0.25, 0.3) is 5.91 Å². The highest BCUT2D eigenvalue weighted by molar-refractivity contribution is 5.97. The highest BCUT2D eigenvalue weighted by atomic mass is 35.5. The molecule has 0 unspecified atom stereocenters. The maximum atomic E-state index is 12.6. The number of hydrogen-bond donors (Lipinski definition) is 4. The van der Waals surface area contributed by atoms with Crippen LogP contribution in [0.4, 0.5) is 10.7 Å². The first-order valence-corrected chi connectivity index (χ1v) is 11.8. The SMILES string of the molecule is CCOC(=O)[C@H](CNC(=O)c1ccc(OCCNc2ncccn2)cc1O)NC(=O)OCc1ccccc1.Cl. The first-order chi connectivity index (χ1) is 18.5. The lowest BCUT2D eigenvalue weighted by Gasteiger charge is -2.18. The minimum absolute atomic E-state index is 0. The molecule has 3 aromatic rings. The Morgan fingerprint density at radius 1 is 1.00 bits per heavy atom. The molecule has 0 radical (unpaired) electrons. The number of carbonyl (C=O) groups is 3. The van der Waals surface area contributed by atoms with Crippen molar-refractivity contribution in [3.05, 3.63) is 78.1 Å². The first-order valence-electron chi connectivity index (χ1n) is 11.8. The molecule has 0 bridgehead atoms. The Bertz CT molecular complexity index is 1200. The number of aromatic hydroxyl groups is 1. The molecular formula is C26H30ClN5O7. The highest BCUT2D eigenvalue weighted by Gasteiger charge is 2.24. The number of rotatable bonds is 13. The van der Waals surface area contributed by atoms with Gasteiger partial charge < -0.3 is 35.3 Å². The van der Waals surface area contributed by atoms with Crippen molar-refractivity contribution in [3.8, 4) is 11.5 Å². The number of aromatic nitrogens is 2. The summed E-state index contributed by atoms with van der Waals surface area (Å²) in [6.07, 6.45) is 2.38. The smallest absolute Gasteiger partial charge is 0.408 e. The van der Waals surface area contributed by atoms with Crippen LogP contribution >= 0.6 is 12.4 Å². The van der Waals surface area contributed by atoms with Crippen molar-refractivity contribution in [1.82, 2.24) is 20.6 Å². The minimum atomic E-state index is -1.20. The quantitative estimate of drug-likeness (QED) is 0.181. The Morgan fingerprint density at radius 3 is 2.44 bits per heavy atom. The predicted octanol–water partition coefficient (Wildman–Crippen LogP) is 2.68. The van der Waals surface area contributed by atoms with Crippen LogP contribution in [0, 0.1) is 0 Å². The molecule has 12 nitrogen and oxygen atoms in total. The first kappa shape index (κ1) is 30.6. The zero-order valence-corrected chi connectivity index (χ0v) is 22.0. The van der Waals surface area contributed by atoms with Gasteiger partial charge in [0, 0.05) is 25.0 Å². The molecule has 39 heavy (non-hydrogen) atoms. The lowest BCUT2D eigenvalue weighted by molar-refractivity contribution is -0.145. The van der Waals surface area contributed by atoms with E-state index in [1.54, 1.807) is 49.6 Å². The van der Waals surface area contributed by atoms with E-state index in [0.717, 1.165) is 5.56 Å². The van der Waals surface area contributed by atoms with Crippen LogP contribution in [-0.2, 0) is 20.9 Å². The van der Waals surface area contributed by atoms with Gasteiger partial charge in [0.05, 0.1) is 18.7 Å². The second-order valence-electron chi connectivity index (χ2n) is 7.75. The standard InChI is InChI=1S/C26H29N5O7.ClH/c1-2-36-24(34)21(31-26(35)38-17-18-7-4-3-5-8-18)16-30-23(33)20-10-9-19(15-22(20)32)37-14-13-29-25-27-11-6-12-28-25;/h3-12,15,21,32H,2,13-14,16-17H2,1H3,(H,30,33)(H,31,35)(H,27,28,29);1H/t21-;/m0./s1. The van der Waals surface area contributed by atoms with Gasteiger partial charge in [0.2, 0.25) is 5.95 Å². The molecule has 0 saturated carbocycles. The van der Waals surface area contributed by atoms with Crippen molar-refractivity contribution < 1.29 is 33.7 Å². The number of amides is 2. The van der Waals surface area contributed by atoms with Gasteiger partial charge in [-0.15, -0.1) is 12.4 Å². The lowest BCUT2D eigenvalue weighted by atomic mass is 10.1. The van der Waals surface area contributed by atoms with Crippen molar-refractivity contribution in [2.75, 3.05) is 31.6 Å². The van der Waals surface area contributed by atoms with Gasteiger partial charge in [-0.1, -0.05) is 30.3 Å². The third kappa shape index (κ3) is 10.4. The third-order valence-electron chi connectivity index (χ3n) is 4.98. The molecule has 0 saturated heterocycles. The zero-order valence-electron chi connectivity index (χ0n) is 21.2. The Kier molecular flexibility index (Phi) is 12.8. The van der Waals surface area contributed by atoms with E-state index < -0.39 is 24.0 Å². The van der Waals surface area contributed by atoms with Gasteiger partial charge >= 0.3 is 12.1 Å². The number of nitrogens with zero attached hydrogens (tertiary/aromatic N) is 2. The van der Waals surface area contributed by atoms with Crippen LogP contribution < -0.4 is 20.7 Å². The molecule has 1 aromatic heterocycles. The molecule has 3 rings (SSSR count). The topological polar surface area (TPSA) is 161 Å². The van der Waals surface area contributed by atoms with Crippen molar-refractivity contribution in [3.63, 3.8) is 0 Å². The van der Waals surface area contributed by atoms with E-state index in [4.69, 9.17) is 14.2 Å². The van der Waals surface area contributed by atoms with Crippen LogP contribution in [0.2, 0.25) is 0 Å². The normalized spacial score (nSPS) is 10.8. The summed E-state index contributed by atoms with van der Waals surface area (Å²) in [6.45, 7) is 2.10. The maximum Gasteiger partial charge on any atom is 0.408 e. The van der Waals surface area contributed by atoms with E-state index in [0.29, 0.717) is 18.2 Å². The van der Waals surface area contributed by atoms with E-state index in [1.807, 2.05) is 6.07 Å². The number of anilines is 1. The summed E-state index contributed by atoms with van der Waals surface area (Å²) >= 11 is 0. The van der Waals surface area contributed by atoms with E-state index in [-0.39, 0.29) is 50.1 Å². The van der Waals surface area contributed by atoms with Gasteiger partial charge in [0.15, 0.2) is 0 Å². The summed E-state index contributed by atoms with van der Waals surface area (Å²) in [5.74, 6) is -0.909. The summed E-state index contributed by atoms with van der Waals surface area (Å²) in [7, 11) is 0.